The van der Waals surface area contributed by atoms with E-state index in [9.17, 15) is 24.9 Å². The second kappa shape index (κ2) is 16.7. The Labute approximate surface area is 309 Å². The highest BCUT2D eigenvalue weighted by molar-refractivity contribution is 5.99. The third-order valence-electron chi connectivity index (χ3n) is 12.3. The SMILES string of the molecule is CC[C@H](C)[C@H]1O[C@@]2(C[C@@H]3C[C@@H](C/C=C(\C)[C@@H](O[C@H]4C[C@H](OC)[C@@H](O)[C@H](C)O4)[C@@H](C)/C=C/C=C(\C)[C@]4(O)CC(=O)C(C)=C[C@H]4C(=O)O3)O2)C[C@H](O)[C@@H]1C. The van der Waals surface area contributed by atoms with Gasteiger partial charge >= 0.3 is 5.97 Å². The molecule has 4 heterocycles. The fraction of sp³-hybridized carbons (Fsp3) is 0.756. The topological polar surface area (TPSA) is 150 Å². The summed E-state index contributed by atoms with van der Waals surface area (Å²) >= 11 is 0. The number of hydrogen-bond acceptors (Lipinski definition) is 11. The number of hydrogen-bond donors (Lipinski definition) is 3. The summed E-state index contributed by atoms with van der Waals surface area (Å²) in [5.41, 5.74) is 0.0132. The van der Waals surface area contributed by atoms with Gasteiger partial charge in [-0.3, -0.25) is 9.59 Å². The Morgan fingerprint density at radius 3 is 2.46 bits per heavy atom. The Morgan fingerprint density at radius 2 is 1.77 bits per heavy atom. The molecule has 11 heteroatoms. The van der Waals surface area contributed by atoms with Crippen LogP contribution in [-0.4, -0.2) is 101 Å². The smallest absolute Gasteiger partial charge is 0.316 e. The van der Waals surface area contributed by atoms with Gasteiger partial charge in [-0.15, -0.1) is 0 Å². The summed E-state index contributed by atoms with van der Waals surface area (Å²) in [6.07, 6.45) is 6.64. The number of Topliss-reactive ketones (excluding diaryl/α,β-unsaturated/α-hetero) is 1. The number of esters is 1. The molecule has 1 spiro atoms. The Hall–Kier alpha value is -2.22. The monoisotopic (exact) mass is 730 g/mol. The number of aliphatic hydroxyl groups excluding tert-OH is 2. The summed E-state index contributed by atoms with van der Waals surface area (Å²) in [6, 6.07) is 0. The van der Waals surface area contributed by atoms with Crippen molar-refractivity contribution in [3.8, 4) is 0 Å². The zero-order chi connectivity index (χ0) is 38.1. The van der Waals surface area contributed by atoms with Crippen molar-refractivity contribution in [2.45, 2.75) is 167 Å². The molecule has 5 rings (SSSR count). The van der Waals surface area contributed by atoms with Crippen molar-refractivity contribution in [1.29, 1.82) is 0 Å². The Balaban J connectivity index is 1.54. The van der Waals surface area contributed by atoms with Gasteiger partial charge in [-0.25, -0.2) is 0 Å². The lowest BCUT2D eigenvalue weighted by atomic mass is 9.72. The van der Waals surface area contributed by atoms with Gasteiger partial charge in [0.25, 0.3) is 0 Å². The first-order chi connectivity index (χ1) is 24.5. The third-order valence-corrected chi connectivity index (χ3v) is 12.3. The van der Waals surface area contributed by atoms with Gasteiger partial charge in [0.1, 0.15) is 23.7 Å². The van der Waals surface area contributed by atoms with Gasteiger partial charge in [0, 0.05) is 51.0 Å². The minimum Gasteiger partial charge on any atom is -0.462 e. The number of rotatable bonds is 5. The van der Waals surface area contributed by atoms with Gasteiger partial charge in [-0.05, 0) is 56.8 Å². The average Bonchev–Trinajstić information content (AvgIpc) is 3.09. The number of ether oxygens (including phenoxy) is 6. The van der Waals surface area contributed by atoms with E-state index in [2.05, 4.69) is 19.9 Å². The second-order valence-electron chi connectivity index (χ2n) is 16.2. The lowest BCUT2D eigenvalue weighted by Crippen LogP contribution is -2.59. The van der Waals surface area contributed by atoms with Crippen LogP contribution in [0.4, 0.5) is 0 Å². The molecule has 0 aromatic rings. The molecular weight excluding hydrogens is 668 g/mol. The standard InChI is InChI=1S/C41H62O11/c1-10-22(2)38-27(7)33(43)20-40(52-38)19-30-17-29(51-40)15-14-24(4)37(50-35-18-34(47-9)36(44)28(8)48-35)23(3)12-11-13-26(6)41(46)21-32(42)25(5)16-31(41)39(45)49-30/h11-14,16,22-23,27-31,33-38,43-44,46H,10,15,17-21H2,1-9H3/b12-11+,24-14+,26-13+/t22-,23-,27-,28-,29+,30-,31-,33-,34-,35-,36-,37-,38+,40-,41+/m0/s1. The van der Waals surface area contributed by atoms with Gasteiger partial charge in [0.15, 0.2) is 17.9 Å². The average molecular weight is 731 g/mol. The van der Waals surface area contributed by atoms with E-state index in [1.54, 1.807) is 34.0 Å². The summed E-state index contributed by atoms with van der Waals surface area (Å²) < 4.78 is 38.2. The summed E-state index contributed by atoms with van der Waals surface area (Å²) in [6.45, 7) is 15.4. The molecule has 0 unspecified atom stereocenters. The molecule has 52 heavy (non-hydrogen) atoms. The second-order valence-corrected chi connectivity index (χ2v) is 16.2. The van der Waals surface area contributed by atoms with Crippen LogP contribution >= 0.6 is 0 Å². The molecule has 1 aliphatic carbocycles. The Bertz CT molecular complexity index is 1420. The Kier molecular flexibility index (Phi) is 13.1. The van der Waals surface area contributed by atoms with Gasteiger partial charge in [0.2, 0.25) is 0 Å². The number of methoxy groups -OCH3 is 1. The third kappa shape index (κ3) is 8.68. The van der Waals surface area contributed by atoms with Crippen molar-refractivity contribution in [3.05, 3.63) is 47.1 Å². The number of carbonyl (C=O) groups excluding carboxylic acids is 2. The number of fused-ring (bicyclic) bond motifs is 3. The molecule has 2 bridgehead atoms. The molecule has 0 amide bonds. The minimum absolute atomic E-state index is 0.105. The number of ketones is 1. The first-order valence-corrected chi connectivity index (χ1v) is 19.2. The van der Waals surface area contributed by atoms with E-state index in [-0.39, 0.29) is 48.9 Å². The number of allylic oxidation sites excluding steroid dienone is 3. The highest BCUT2D eigenvalue weighted by atomic mass is 16.7. The zero-order valence-electron chi connectivity index (χ0n) is 32.4. The maximum absolute atomic E-state index is 14.1. The maximum Gasteiger partial charge on any atom is 0.316 e. The van der Waals surface area contributed by atoms with Gasteiger partial charge in [-0.2, -0.15) is 0 Å². The van der Waals surface area contributed by atoms with Crippen LogP contribution in [-0.2, 0) is 38.0 Å². The van der Waals surface area contributed by atoms with Crippen LogP contribution < -0.4 is 0 Å². The normalized spacial score (nSPS) is 46.9. The highest BCUT2D eigenvalue weighted by Gasteiger charge is 2.54. The van der Waals surface area contributed by atoms with Gasteiger partial charge in [0.05, 0.1) is 36.6 Å². The fourth-order valence-corrected chi connectivity index (χ4v) is 8.61. The Morgan fingerprint density at radius 1 is 1.04 bits per heavy atom. The molecule has 292 valence electrons. The van der Waals surface area contributed by atoms with E-state index in [1.165, 1.54) is 6.08 Å². The van der Waals surface area contributed by atoms with Crippen molar-refractivity contribution in [1.82, 2.24) is 0 Å². The molecule has 0 radical (unpaired) electrons. The first-order valence-electron chi connectivity index (χ1n) is 19.2. The predicted octanol–water partition coefficient (Wildman–Crippen LogP) is 5.26. The highest BCUT2D eigenvalue weighted by Crippen LogP contribution is 2.46. The van der Waals surface area contributed by atoms with Gasteiger partial charge < -0.3 is 43.7 Å². The van der Waals surface area contributed by atoms with E-state index in [4.69, 9.17) is 28.4 Å². The molecule has 5 aliphatic rings. The number of carbonyl (C=O) groups is 2. The number of aliphatic hydroxyl groups is 3. The largest absolute Gasteiger partial charge is 0.462 e. The molecule has 11 nitrogen and oxygen atoms in total. The molecule has 0 aromatic heterocycles. The van der Waals surface area contributed by atoms with E-state index >= 15 is 0 Å². The fourth-order valence-electron chi connectivity index (χ4n) is 8.61. The molecule has 3 fully saturated rings. The van der Waals surface area contributed by atoms with E-state index in [0.717, 1.165) is 12.0 Å². The molecule has 0 aromatic carbocycles. The summed E-state index contributed by atoms with van der Waals surface area (Å²) in [4.78, 5) is 27.1. The van der Waals surface area contributed by atoms with Crippen molar-refractivity contribution >= 4 is 11.8 Å². The first kappa shape index (κ1) is 41.0. The molecule has 3 saturated heterocycles. The molecule has 15 atom stereocenters. The predicted molar refractivity (Wildman–Crippen MR) is 194 cm³/mol. The van der Waals surface area contributed by atoms with Crippen LogP contribution in [0.5, 0.6) is 0 Å². The van der Waals surface area contributed by atoms with Crippen LogP contribution in [0.25, 0.3) is 0 Å². The molecule has 0 saturated carbocycles. The lowest BCUT2D eigenvalue weighted by Gasteiger charge is -2.52. The maximum atomic E-state index is 14.1. The molecular formula is C41H62O11. The summed E-state index contributed by atoms with van der Waals surface area (Å²) in [5.74, 6) is -3.25. The van der Waals surface area contributed by atoms with Crippen LogP contribution in [0.2, 0.25) is 0 Å². The van der Waals surface area contributed by atoms with Crippen LogP contribution in [0.1, 0.15) is 100 Å². The summed E-state index contributed by atoms with van der Waals surface area (Å²) in [7, 11) is 1.57. The minimum atomic E-state index is -1.79. The van der Waals surface area contributed by atoms with E-state index < -0.39 is 72.3 Å². The molecule has 4 aliphatic heterocycles. The van der Waals surface area contributed by atoms with Crippen molar-refractivity contribution in [2.75, 3.05) is 7.11 Å². The van der Waals surface area contributed by atoms with Crippen molar-refractivity contribution in [3.63, 3.8) is 0 Å². The van der Waals surface area contributed by atoms with Crippen molar-refractivity contribution < 1.29 is 53.3 Å². The lowest BCUT2D eigenvalue weighted by molar-refractivity contribution is -0.354. The van der Waals surface area contributed by atoms with Gasteiger partial charge in [-0.1, -0.05) is 64.5 Å². The quantitative estimate of drug-likeness (QED) is 0.251. The molecule has 3 N–H and O–H groups in total. The van der Waals surface area contributed by atoms with Crippen LogP contribution in [0.3, 0.4) is 0 Å². The van der Waals surface area contributed by atoms with Crippen LogP contribution in [0.15, 0.2) is 47.1 Å². The van der Waals surface area contributed by atoms with E-state index in [0.29, 0.717) is 30.4 Å². The van der Waals surface area contributed by atoms with Crippen molar-refractivity contribution in [2.24, 2.45) is 23.7 Å². The van der Waals surface area contributed by atoms with Crippen LogP contribution in [0, 0.1) is 23.7 Å². The van der Waals surface area contributed by atoms with E-state index in [1.807, 2.05) is 32.9 Å². The summed E-state index contributed by atoms with van der Waals surface area (Å²) in [5, 5.41) is 34.0. The zero-order valence-corrected chi connectivity index (χ0v) is 32.4.